The number of likely N-dealkylation sites (N-methyl/N-ethyl adjacent to an activating group) is 1. The van der Waals surface area contributed by atoms with Crippen molar-refractivity contribution in [2.24, 2.45) is 0 Å². The number of nitrogens with one attached hydrogen (secondary N) is 1. The number of aliphatic hydroxyl groups excluding tert-OH is 2. The molecule has 206 valence electrons. The molecular formula is C18H31N3O13P2. The SMILES string of the molecule is Cc1cn([C@H]2C[C@@H](O)[C@@H](COP(=O)(O)OP(=O)(O)O[C@@H]3OC(C)C[C@H](N(C)C)C3O)O2)c(=O)[nH]c1=O. The summed E-state index contributed by atoms with van der Waals surface area (Å²) in [5, 5.41) is 20.6. The van der Waals surface area contributed by atoms with Crippen molar-refractivity contribution in [3.63, 3.8) is 0 Å². The van der Waals surface area contributed by atoms with Crippen LogP contribution < -0.4 is 11.2 Å². The van der Waals surface area contributed by atoms with Crippen LogP contribution in [0.3, 0.4) is 0 Å². The van der Waals surface area contributed by atoms with Gasteiger partial charge in [0, 0.05) is 24.2 Å². The summed E-state index contributed by atoms with van der Waals surface area (Å²) in [6.45, 7) is 2.36. The lowest BCUT2D eigenvalue weighted by atomic mass is 9.99. The summed E-state index contributed by atoms with van der Waals surface area (Å²) in [5.41, 5.74) is -1.14. The summed E-state index contributed by atoms with van der Waals surface area (Å²) in [6, 6.07) is -0.483. The van der Waals surface area contributed by atoms with Crippen molar-refractivity contribution in [1.82, 2.24) is 14.5 Å². The molecule has 0 aliphatic carbocycles. The van der Waals surface area contributed by atoms with E-state index in [-0.39, 0.29) is 12.0 Å². The minimum atomic E-state index is -5.28. The Morgan fingerprint density at radius 2 is 1.83 bits per heavy atom. The van der Waals surface area contributed by atoms with E-state index in [1.165, 1.54) is 13.1 Å². The van der Waals surface area contributed by atoms with Crippen molar-refractivity contribution in [3.05, 3.63) is 32.6 Å². The molecule has 2 saturated heterocycles. The number of nitrogens with zero attached hydrogens (tertiary/aromatic N) is 2. The Kier molecular flexibility index (Phi) is 9.14. The van der Waals surface area contributed by atoms with E-state index in [2.05, 4.69) is 9.29 Å². The van der Waals surface area contributed by atoms with Crippen LogP contribution in [-0.4, -0.2) is 91.9 Å². The molecule has 2 aliphatic rings. The highest BCUT2D eigenvalue weighted by atomic mass is 31.3. The third-order valence-corrected chi connectivity index (χ3v) is 8.38. The molecule has 0 radical (unpaired) electrons. The van der Waals surface area contributed by atoms with E-state index in [4.69, 9.17) is 18.5 Å². The van der Waals surface area contributed by atoms with Gasteiger partial charge in [-0.25, -0.2) is 13.9 Å². The second-order valence-electron chi connectivity index (χ2n) is 8.90. The zero-order chi connectivity index (χ0) is 27.0. The van der Waals surface area contributed by atoms with Crippen LogP contribution in [0.5, 0.6) is 0 Å². The number of aliphatic hydroxyl groups is 2. The number of hydrogen-bond donors (Lipinski definition) is 5. The maximum Gasteiger partial charge on any atom is 0.483 e. The molecule has 2 aliphatic heterocycles. The topological polar surface area (TPSA) is 219 Å². The molecule has 9 atom stereocenters. The predicted molar refractivity (Wildman–Crippen MR) is 121 cm³/mol. The Morgan fingerprint density at radius 1 is 1.17 bits per heavy atom. The number of phosphoric ester groups is 2. The molecule has 1 aromatic heterocycles. The average molecular weight is 559 g/mol. The van der Waals surface area contributed by atoms with Crippen molar-refractivity contribution < 1.29 is 52.0 Å². The third kappa shape index (κ3) is 7.19. The van der Waals surface area contributed by atoms with Gasteiger partial charge in [0.15, 0.2) is 6.29 Å². The molecule has 36 heavy (non-hydrogen) atoms. The number of H-pyrrole nitrogens is 1. The lowest BCUT2D eigenvalue weighted by molar-refractivity contribution is -0.222. The Labute approximate surface area is 205 Å². The van der Waals surface area contributed by atoms with E-state index >= 15 is 0 Å². The van der Waals surface area contributed by atoms with Gasteiger partial charge in [0.05, 0.1) is 18.8 Å². The molecule has 3 heterocycles. The third-order valence-electron chi connectivity index (χ3n) is 5.78. The Balaban J connectivity index is 1.59. The Bertz CT molecular complexity index is 1140. The predicted octanol–water partition coefficient (Wildman–Crippen LogP) is -0.830. The van der Waals surface area contributed by atoms with Gasteiger partial charge < -0.3 is 34.4 Å². The fraction of sp³-hybridized carbons (Fsp3) is 0.778. The Morgan fingerprint density at radius 3 is 2.47 bits per heavy atom. The first kappa shape index (κ1) is 29.3. The highest BCUT2D eigenvalue weighted by Gasteiger charge is 2.45. The standard InChI is InChI=1S/C18H31N3O13P2/c1-9-7-21(18(25)19-16(9)24)14-6-12(22)13(32-14)8-30-35(26,27)34-36(28,29)33-17-15(23)11(20(3)4)5-10(2)31-17/h7,10-15,17,22-23H,5-6,8H2,1-4H3,(H,26,27)(H,28,29)(H,19,24,25)/t10?,11-,12+,13+,14+,15?,17-/m0/s1. The molecule has 3 rings (SSSR count). The summed E-state index contributed by atoms with van der Waals surface area (Å²) in [6.07, 6.45) is -5.40. The number of phosphoric acid groups is 2. The van der Waals surface area contributed by atoms with Gasteiger partial charge >= 0.3 is 21.3 Å². The normalized spacial score (nSPS) is 34.4. The largest absolute Gasteiger partial charge is 0.483 e. The molecule has 0 aromatic carbocycles. The van der Waals surface area contributed by atoms with Crippen molar-refractivity contribution in [2.75, 3.05) is 20.7 Å². The van der Waals surface area contributed by atoms with Crippen LogP contribution in [0.4, 0.5) is 0 Å². The quantitative estimate of drug-likeness (QED) is 0.233. The van der Waals surface area contributed by atoms with E-state index in [1.807, 2.05) is 0 Å². The van der Waals surface area contributed by atoms with Crippen molar-refractivity contribution >= 4 is 15.6 Å². The van der Waals surface area contributed by atoms with E-state index in [0.717, 1.165) is 4.57 Å². The lowest BCUT2D eigenvalue weighted by Gasteiger charge is -2.40. The number of aromatic amines is 1. The maximum absolute atomic E-state index is 12.4. The van der Waals surface area contributed by atoms with Crippen LogP contribution in [0.2, 0.25) is 0 Å². The van der Waals surface area contributed by atoms with Gasteiger partial charge in [0.25, 0.3) is 5.56 Å². The zero-order valence-corrected chi connectivity index (χ0v) is 21.8. The van der Waals surface area contributed by atoms with Crippen LogP contribution in [0.1, 0.15) is 31.6 Å². The molecule has 0 bridgehead atoms. The summed E-state index contributed by atoms with van der Waals surface area (Å²) in [5.74, 6) is 0. The fourth-order valence-electron chi connectivity index (χ4n) is 3.94. The first-order chi connectivity index (χ1) is 16.6. The highest BCUT2D eigenvalue weighted by Crippen LogP contribution is 2.61. The molecule has 1 aromatic rings. The molecule has 2 fully saturated rings. The van der Waals surface area contributed by atoms with E-state index in [0.29, 0.717) is 6.42 Å². The van der Waals surface area contributed by atoms with Gasteiger partial charge in [-0.1, -0.05) is 0 Å². The molecule has 0 amide bonds. The minimum absolute atomic E-state index is 0.111. The number of hydrogen-bond acceptors (Lipinski definition) is 12. The van der Waals surface area contributed by atoms with E-state index in [1.54, 1.807) is 25.9 Å². The van der Waals surface area contributed by atoms with Crippen molar-refractivity contribution in [1.29, 1.82) is 0 Å². The summed E-state index contributed by atoms with van der Waals surface area (Å²) >= 11 is 0. The van der Waals surface area contributed by atoms with Gasteiger partial charge in [0.1, 0.15) is 18.4 Å². The van der Waals surface area contributed by atoms with Gasteiger partial charge in [0.2, 0.25) is 0 Å². The average Bonchev–Trinajstić information content (AvgIpc) is 3.10. The number of aromatic nitrogens is 2. The van der Waals surface area contributed by atoms with Gasteiger partial charge in [-0.15, -0.1) is 0 Å². The van der Waals surface area contributed by atoms with Gasteiger partial charge in [-0.3, -0.25) is 23.4 Å². The summed E-state index contributed by atoms with van der Waals surface area (Å²) in [7, 11) is -7.14. The summed E-state index contributed by atoms with van der Waals surface area (Å²) < 4.78 is 50.4. The molecule has 4 unspecified atom stereocenters. The second-order valence-corrected chi connectivity index (χ2v) is 11.9. The number of aryl methyl sites for hydroxylation is 1. The van der Waals surface area contributed by atoms with Crippen LogP contribution in [0, 0.1) is 6.92 Å². The first-order valence-electron chi connectivity index (χ1n) is 10.9. The fourth-order valence-corrected chi connectivity index (χ4v) is 6.10. The molecule has 5 N–H and O–H groups in total. The molecule has 0 saturated carbocycles. The second kappa shape index (κ2) is 11.2. The molecule has 16 nitrogen and oxygen atoms in total. The minimum Gasteiger partial charge on any atom is -0.390 e. The first-order valence-corrected chi connectivity index (χ1v) is 13.9. The lowest BCUT2D eigenvalue weighted by Crippen LogP contribution is -2.53. The molecule has 0 spiro atoms. The Hall–Kier alpha value is -1.26. The monoisotopic (exact) mass is 559 g/mol. The molecule has 18 heteroatoms. The molecular weight excluding hydrogens is 528 g/mol. The van der Waals surface area contributed by atoms with Crippen LogP contribution in [0.25, 0.3) is 0 Å². The smallest absolute Gasteiger partial charge is 0.390 e. The van der Waals surface area contributed by atoms with Gasteiger partial charge in [-0.2, -0.15) is 4.31 Å². The van der Waals surface area contributed by atoms with Crippen molar-refractivity contribution in [2.45, 2.75) is 69.7 Å². The van der Waals surface area contributed by atoms with Crippen LogP contribution in [0.15, 0.2) is 15.8 Å². The van der Waals surface area contributed by atoms with E-state index in [9.17, 15) is 38.7 Å². The van der Waals surface area contributed by atoms with Crippen molar-refractivity contribution in [3.8, 4) is 0 Å². The van der Waals surface area contributed by atoms with Crippen LogP contribution in [-0.2, 0) is 32.0 Å². The zero-order valence-electron chi connectivity index (χ0n) is 20.0. The summed E-state index contributed by atoms with van der Waals surface area (Å²) in [4.78, 5) is 47.3. The number of rotatable bonds is 9. The van der Waals surface area contributed by atoms with Crippen LogP contribution >= 0.6 is 15.6 Å². The van der Waals surface area contributed by atoms with Gasteiger partial charge in [-0.05, 0) is 34.4 Å². The number of ether oxygens (including phenoxy) is 2. The highest BCUT2D eigenvalue weighted by molar-refractivity contribution is 7.61. The maximum atomic E-state index is 12.4. The van der Waals surface area contributed by atoms with E-state index < -0.39 is 76.5 Å².